The molecule has 1 N–H and O–H groups in total. The molecule has 1 aromatic heterocycles. The van der Waals surface area contributed by atoms with Gasteiger partial charge in [0.1, 0.15) is 0 Å². The van der Waals surface area contributed by atoms with Crippen LogP contribution >= 0.6 is 11.3 Å². The molecule has 2 atom stereocenters. The molecule has 2 bridgehead atoms. The van der Waals surface area contributed by atoms with Crippen molar-refractivity contribution >= 4 is 22.4 Å². The fraction of sp³-hybridized carbons (Fsp3) is 0.750. The van der Waals surface area contributed by atoms with Gasteiger partial charge in [-0.15, -0.1) is 10.2 Å². The fourth-order valence-electron chi connectivity index (χ4n) is 3.04. The van der Waals surface area contributed by atoms with Crippen molar-refractivity contribution in [3.63, 3.8) is 0 Å². The molecule has 0 aliphatic carbocycles. The van der Waals surface area contributed by atoms with Crippen molar-refractivity contribution in [3.05, 3.63) is 5.01 Å². The molecule has 6 nitrogen and oxygen atoms in total. The van der Waals surface area contributed by atoms with E-state index in [4.69, 9.17) is 0 Å². The average molecular weight is 281 g/mol. The first-order valence-electron chi connectivity index (χ1n) is 6.71. The van der Waals surface area contributed by atoms with Crippen LogP contribution in [0.5, 0.6) is 0 Å². The second-order valence-corrected chi connectivity index (χ2v) is 6.23. The largest absolute Gasteiger partial charge is 0.363 e. The Morgan fingerprint density at radius 1 is 1.32 bits per heavy atom. The Bertz CT molecular complexity index is 476. The lowest BCUT2D eigenvalue weighted by molar-refractivity contribution is 0.0739. The van der Waals surface area contributed by atoms with Gasteiger partial charge in [-0.2, -0.15) is 0 Å². The topological polar surface area (TPSA) is 61.4 Å². The van der Waals surface area contributed by atoms with Crippen molar-refractivity contribution in [1.29, 1.82) is 0 Å². The number of likely N-dealkylation sites (N-methyl/N-ethyl adjacent to an activating group) is 1. The summed E-state index contributed by atoms with van der Waals surface area (Å²) in [6.07, 6.45) is 3.53. The summed E-state index contributed by atoms with van der Waals surface area (Å²) in [5, 5.41) is 12.0. The van der Waals surface area contributed by atoms with Crippen LogP contribution in [0.1, 0.15) is 29.1 Å². The van der Waals surface area contributed by atoms with E-state index in [1.165, 1.54) is 24.2 Å². The Hall–Kier alpha value is -1.21. The van der Waals surface area contributed by atoms with Crippen molar-refractivity contribution in [3.8, 4) is 0 Å². The van der Waals surface area contributed by atoms with Gasteiger partial charge in [-0.1, -0.05) is 11.3 Å². The van der Waals surface area contributed by atoms with Crippen LogP contribution < -0.4 is 5.32 Å². The highest BCUT2D eigenvalue weighted by Crippen LogP contribution is 2.29. The highest BCUT2D eigenvalue weighted by Gasteiger charge is 2.36. The number of anilines is 1. The summed E-state index contributed by atoms with van der Waals surface area (Å²) in [7, 11) is 3.97. The Morgan fingerprint density at radius 2 is 2.11 bits per heavy atom. The van der Waals surface area contributed by atoms with Crippen LogP contribution in [-0.4, -0.2) is 65.2 Å². The molecular formula is C12H19N5OS. The number of hydrogen-bond acceptors (Lipinski definition) is 6. The van der Waals surface area contributed by atoms with Gasteiger partial charge in [0.2, 0.25) is 10.1 Å². The van der Waals surface area contributed by atoms with E-state index in [1.807, 2.05) is 4.90 Å². The van der Waals surface area contributed by atoms with Crippen molar-refractivity contribution < 1.29 is 4.79 Å². The van der Waals surface area contributed by atoms with Crippen molar-refractivity contribution in [2.75, 3.05) is 32.5 Å². The maximum Gasteiger partial charge on any atom is 0.284 e. The number of carbonyl (C=O) groups excluding carboxylic acids is 1. The van der Waals surface area contributed by atoms with Crippen LogP contribution in [-0.2, 0) is 0 Å². The number of nitrogens with zero attached hydrogens (tertiary/aromatic N) is 4. The van der Waals surface area contributed by atoms with E-state index in [-0.39, 0.29) is 5.91 Å². The van der Waals surface area contributed by atoms with E-state index in [2.05, 4.69) is 27.5 Å². The van der Waals surface area contributed by atoms with Gasteiger partial charge in [-0.25, -0.2) is 0 Å². The molecule has 3 heterocycles. The zero-order valence-corrected chi connectivity index (χ0v) is 12.1. The third kappa shape index (κ3) is 2.32. The van der Waals surface area contributed by atoms with Crippen LogP contribution in [0, 0.1) is 0 Å². The molecule has 2 fully saturated rings. The highest BCUT2D eigenvalue weighted by atomic mass is 32.1. The number of fused-ring (bicyclic) bond motifs is 2. The summed E-state index contributed by atoms with van der Waals surface area (Å²) < 4.78 is 0. The molecule has 0 aromatic carbocycles. The lowest BCUT2D eigenvalue weighted by Crippen LogP contribution is -2.39. The fourth-order valence-corrected chi connectivity index (χ4v) is 3.70. The van der Waals surface area contributed by atoms with Gasteiger partial charge in [-0.3, -0.25) is 9.69 Å². The van der Waals surface area contributed by atoms with Gasteiger partial charge >= 0.3 is 0 Å². The van der Waals surface area contributed by atoms with Crippen molar-refractivity contribution in [2.24, 2.45) is 0 Å². The Balaban J connectivity index is 1.73. The van der Waals surface area contributed by atoms with E-state index < -0.39 is 0 Å². The minimum absolute atomic E-state index is 0.0277. The molecule has 0 radical (unpaired) electrons. The van der Waals surface area contributed by atoms with E-state index >= 15 is 0 Å². The summed E-state index contributed by atoms with van der Waals surface area (Å²) in [6, 6.07) is 1.15. The molecule has 104 valence electrons. The number of aromatic nitrogens is 2. The third-order valence-electron chi connectivity index (χ3n) is 4.26. The highest BCUT2D eigenvalue weighted by molar-refractivity contribution is 7.17. The minimum atomic E-state index is 0.0277. The molecule has 0 spiro atoms. The number of rotatable bonds is 2. The smallest absolute Gasteiger partial charge is 0.284 e. The average Bonchev–Trinajstić information content (AvgIpc) is 2.95. The number of likely N-dealkylation sites (tertiary alicyclic amines) is 1. The first kappa shape index (κ1) is 12.8. The quantitative estimate of drug-likeness (QED) is 0.872. The number of carbonyl (C=O) groups is 1. The Morgan fingerprint density at radius 3 is 2.84 bits per heavy atom. The molecule has 7 heteroatoms. The van der Waals surface area contributed by atoms with Crippen LogP contribution in [0.2, 0.25) is 0 Å². The molecule has 2 saturated heterocycles. The van der Waals surface area contributed by atoms with Gasteiger partial charge < -0.3 is 10.2 Å². The van der Waals surface area contributed by atoms with E-state index in [0.29, 0.717) is 22.2 Å². The maximum absolute atomic E-state index is 12.5. The number of hydrogen-bond donors (Lipinski definition) is 1. The van der Waals surface area contributed by atoms with Crippen LogP contribution in [0.15, 0.2) is 0 Å². The second kappa shape index (κ2) is 5.05. The zero-order valence-electron chi connectivity index (χ0n) is 11.3. The van der Waals surface area contributed by atoms with Crippen molar-refractivity contribution in [2.45, 2.75) is 31.3 Å². The Labute approximate surface area is 116 Å². The molecular weight excluding hydrogens is 262 g/mol. The predicted octanol–water partition coefficient (Wildman–Crippen LogP) is 0.888. The molecule has 0 saturated carbocycles. The SMILES string of the molecule is CNc1nnc(C(=O)N2CCC3CCC(C2)N3C)s1. The van der Waals surface area contributed by atoms with Crippen LogP contribution in [0.25, 0.3) is 0 Å². The minimum Gasteiger partial charge on any atom is -0.363 e. The van der Waals surface area contributed by atoms with Crippen LogP contribution in [0.3, 0.4) is 0 Å². The first-order valence-corrected chi connectivity index (χ1v) is 7.53. The van der Waals surface area contributed by atoms with E-state index in [0.717, 1.165) is 19.5 Å². The van der Waals surface area contributed by atoms with Gasteiger partial charge in [0.05, 0.1) is 0 Å². The summed E-state index contributed by atoms with van der Waals surface area (Å²) in [5.74, 6) is 0.0277. The normalized spacial score (nSPS) is 27.4. The number of amides is 1. The van der Waals surface area contributed by atoms with Gasteiger partial charge in [0.25, 0.3) is 5.91 Å². The lowest BCUT2D eigenvalue weighted by Gasteiger charge is -2.24. The zero-order chi connectivity index (χ0) is 13.4. The first-order chi connectivity index (χ1) is 9.19. The Kier molecular flexibility index (Phi) is 3.40. The summed E-state index contributed by atoms with van der Waals surface area (Å²) in [5.41, 5.74) is 0. The van der Waals surface area contributed by atoms with Gasteiger partial charge in [0, 0.05) is 32.2 Å². The van der Waals surface area contributed by atoms with Crippen LogP contribution in [0.4, 0.5) is 5.13 Å². The van der Waals surface area contributed by atoms with Gasteiger partial charge in [-0.05, 0) is 26.3 Å². The molecule has 19 heavy (non-hydrogen) atoms. The third-order valence-corrected chi connectivity index (χ3v) is 5.19. The summed E-state index contributed by atoms with van der Waals surface area (Å²) in [4.78, 5) is 16.8. The molecule has 1 amide bonds. The second-order valence-electron chi connectivity index (χ2n) is 5.25. The molecule has 2 aliphatic rings. The lowest BCUT2D eigenvalue weighted by atomic mass is 10.1. The molecule has 2 unspecified atom stereocenters. The standard InChI is InChI=1S/C12H19N5OS/c1-13-12-15-14-10(19-12)11(18)17-6-5-8-3-4-9(7-17)16(8)2/h8-9H,3-7H2,1-2H3,(H,13,15). The van der Waals surface area contributed by atoms with E-state index in [1.54, 1.807) is 7.05 Å². The molecule has 3 rings (SSSR count). The predicted molar refractivity (Wildman–Crippen MR) is 74.5 cm³/mol. The monoisotopic (exact) mass is 281 g/mol. The molecule has 1 aromatic rings. The number of nitrogens with one attached hydrogen (secondary N) is 1. The maximum atomic E-state index is 12.5. The summed E-state index contributed by atoms with van der Waals surface area (Å²) >= 11 is 1.32. The summed E-state index contributed by atoms with van der Waals surface area (Å²) in [6.45, 7) is 1.65. The molecule has 2 aliphatic heterocycles. The van der Waals surface area contributed by atoms with E-state index in [9.17, 15) is 4.79 Å². The van der Waals surface area contributed by atoms with Gasteiger partial charge in [0.15, 0.2) is 0 Å². The van der Waals surface area contributed by atoms with Crippen molar-refractivity contribution in [1.82, 2.24) is 20.0 Å².